The summed E-state index contributed by atoms with van der Waals surface area (Å²) < 4.78 is 32.9. The highest BCUT2D eigenvalue weighted by Gasteiger charge is 2.25. The number of ether oxygens (including phenoxy) is 1. The van der Waals surface area contributed by atoms with Crippen LogP contribution in [-0.4, -0.2) is 28.0 Å². The number of nitrogens with one attached hydrogen (secondary N) is 1. The molecule has 1 aliphatic rings. The van der Waals surface area contributed by atoms with Crippen molar-refractivity contribution in [2.45, 2.75) is 18.4 Å². The van der Waals surface area contributed by atoms with E-state index in [2.05, 4.69) is 4.72 Å². The summed E-state index contributed by atoms with van der Waals surface area (Å²) in [6, 6.07) is 12.1. The molecule has 24 heavy (non-hydrogen) atoms. The predicted molar refractivity (Wildman–Crippen MR) is 90.6 cm³/mol. The van der Waals surface area contributed by atoms with Crippen LogP contribution in [0.15, 0.2) is 47.4 Å². The zero-order valence-electron chi connectivity index (χ0n) is 13.4. The second-order valence-electron chi connectivity index (χ2n) is 5.68. The van der Waals surface area contributed by atoms with Crippen molar-refractivity contribution in [1.82, 2.24) is 4.72 Å². The molecule has 0 spiro atoms. The molecule has 0 fully saturated rings. The predicted octanol–water partition coefficient (Wildman–Crippen LogP) is 1.83. The number of likely N-dealkylation sites (N-methyl/N-ethyl adjacent to an activating group) is 1. The van der Waals surface area contributed by atoms with Gasteiger partial charge >= 0.3 is 0 Å². The number of benzene rings is 2. The Kier molecular flexibility index (Phi) is 4.29. The lowest BCUT2D eigenvalue weighted by Crippen LogP contribution is -2.35. The monoisotopic (exact) mass is 346 g/mol. The molecule has 1 N–H and O–H groups in total. The van der Waals surface area contributed by atoms with E-state index in [-0.39, 0.29) is 24.0 Å². The highest BCUT2D eigenvalue weighted by Crippen LogP contribution is 2.33. The topological polar surface area (TPSA) is 75.7 Å². The van der Waals surface area contributed by atoms with Gasteiger partial charge in [0.25, 0.3) is 5.91 Å². The van der Waals surface area contributed by atoms with E-state index in [9.17, 15) is 13.2 Å². The van der Waals surface area contributed by atoms with Gasteiger partial charge in [-0.3, -0.25) is 4.79 Å². The summed E-state index contributed by atoms with van der Waals surface area (Å²) in [4.78, 5) is 13.2. The van der Waals surface area contributed by atoms with E-state index in [1.807, 2.05) is 31.2 Å². The minimum absolute atomic E-state index is 0.0405. The van der Waals surface area contributed by atoms with Crippen LogP contribution in [0.4, 0.5) is 5.69 Å². The number of carbonyl (C=O) groups is 1. The lowest BCUT2D eigenvalue weighted by atomic mass is 10.1. The van der Waals surface area contributed by atoms with Crippen molar-refractivity contribution in [2.75, 3.05) is 18.6 Å². The first-order chi connectivity index (χ1) is 11.4. The number of rotatable bonds is 4. The van der Waals surface area contributed by atoms with Gasteiger partial charge in [0.2, 0.25) is 10.0 Å². The molecule has 0 bridgehead atoms. The fraction of sp³-hybridized carbons (Fsp3) is 0.235. The summed E-state index contributed by atoms with van der Waals surface area (Å²) in [7, 11) is -2.09. The van der Waals surface area contributed by atoms with Gasteiger partial charge in [-0.2, -0.15) is 0 Å². The third-order valence-electron chi connectivity index (χ3n) is 3.88. The molecular weight excluding hydrogens is 328 g/mol. The zero-order valence-corrected chi connectivity index (χ0v) is 14.3. The normalized spacial score (nSPS) is 14.2. The Labute approximate surface area is 141 Å². The van der Waals surface area contributed by atoms with Gasteiger partial charge in [-0.15, -0.1) is 0 Å². The maximum Gasteiger partial charge on any atom is 0.264 e. The number of hydrogen-bond donors (Lipinski definition) is 1. The van der Waals surface area contributed by atoms with E-state index >= 15 is 0 Å². The van der Waals surface area contributed by atoms with Gasteiger partial charge in [0.05, 0.1) is 10.6 Å². The van der Waals surface area contributed by atoms with Crippen LogP contribution in [0, 0.1) is 6.92 Å². The Morgan fingerprint density at radius 3 is 2.75 bits per heavy atom. The molecule has 0 aromatic heterocycles. The zero-order chi connectivity index (χ0) is 17.3. The quantitative estimate of drug-likeness (QED) is 0.916. The van der Waals surface area contributed by atoms with Crippen LogP contribution in [0.5, 0.6) is 5.75 Å². The molecule has 0 saturated carbocycles. The summed E-state index contributed by atoms with van der Waals surface area (Å²) in [6.45, 7) is 2.11. The third-order valence-corrected chi connectivity index (χ3v) is 5.28. The van der Waals surface area contributed by atoms with Crippen LogP contribution in [-0.2, 0) is 21.4 Å². The molecule has 2 aromatic rings. The number of sulfonamides is 1. The van der Waals surface area contributed by atoms with Crippen molar-refractivity contribution in [2.24, 2.45) is 0 Å². The number of hydrogen-bond acceptors (Lipinski definition) is 4. The lowest BCUT2D eigenvalue weighted by molar-refractivity contribution is -0.120. The van der Waals surface area contributed by atoms with Crippen molar-refractivity contribution < 1.29 is 17.9 Å². The third kappa shape index (κ3) is 3.27. The van der Waals surface area contributed by atoms with Crippen molar-refractivity contribution in [1.29, 1.82) is 0 Å². The minimum Gasteiger partial charge on any atom is -0.482 e. The Balaban J connectivity index is 1.84. The molecule has 6 nitrogen and oxygen atoms in total. The van der Waals surface area contributed by atoms with Crippen LogP contribution in [0.1, 0.15) is 11.1 Å². The van der Waals surface area contributed by atoms with Crippen LogP contribution < -0.4 is 14.4 Å². The molecule has 1 heterocycles. The first-order valence-corrected chi connectivity index (χ1v) is 8.94. The standard InChI is InChI=1S/C17H18N2O4S/c1-12-4-3-5-13(8-12)10-18-24(21,22)14-6-7-16-15(9-14)19(2)17(20)11-23-16/h3-9,18H,10-11H2,1-2H3. The van der Waals surface area contributed by atoms with Gasteiger partial charge in [-0.1, -0.05) is 29.8 Å². The number of nitrogens with zero attached hydrogens (tertiary/aromatic N) is 1. The van der Waals surface area contributed by atoms with Gasteiger partial charge in [0.1, 0.15) is 5.75 Å². The molecule has 126 valence electrons. The Bertz CT molecular complexity index is 893. The average molecular weight is 346 g/mol. The molecule has 0 saturated heterocycles. The fourth-order valence-electron chi connectivity index (χ4n) is 2.50. The maximum absolute atomic E-state index is 12.5. The molecular formula is C17H18N2O4S. The lowest BCUT2D eigenvalue weighted by Gasteiger charge is -2.26. The van der Waals surface area contributed by atoms with Gasteiger partial charge < -0.3 is 9.64 Å². The van der Waals surface area contributed by atoms with Gasteiger partial charge in [0, 0.05) is 13.6 Å². The summed E-state index contributed by atoms with van der Waals surface area (Å²) in [5.41, 5.74) is 2.40. The minimum atomic E-state index is -3.69. The van der Waals surface area contributed by atoms with Crippen LogP contribution in [0.25, 0.3) is 0 Å². The molecule has 0 atom stereocenters. The molecule has 3 rings (SSSR count). The van der Waals surface area contributed by atoms with E-state index in [1.165, 1.54) is 17.0 Å². The second kappa shape index (κ2) is 6.26. The fourth-order valence-corrected chi connectivity index (χ4v) is 3.54. The maximum atomic E-state index is 12.5. The van der Waals surface area contributed by atoms with Gasteiger partial charge in [-0.05, 0) is 30.7 Å². The van der Waals surface area contributed by atoms with Crippen LogP contribution >= 0.6 is 0 Å². The van der Waals surface area contributed by atoms with Crippen molar-refractivity contribution >= 4 is 21.6 Å². The Hall–Kier alpha value is -2.38. The van der Waals surface area contributed by atoms with E-state index < -0.39 is 10.0 Å². The smallest absolute Gasteiger partial charge is 0.264 e. The summed E-state index contributed by atoms with van der Waals surface area (Å²) in [6.07, 6.45) is 0. The number of aryl methyl sites for hydroxylation is 1. The second-order valence-corrected chi connectivity index (χ2v) is 7.45. The van der Waals surface area contributed by atoms with Crippen LogP contribution in [0.3, 0.4) is 0 Å². The van der Waals surface area contributed by atoms with Gasteiger partial charge in [-0.25, -0.2) is 13.1 Å². The summed E-state index contributed by atoms with van der Waals surface area (Å²) in [5.74, 6) is 0.277. The highest BCUT2D eigenvalue weighted by atomic mass is 32.2. The Morgan fingerprint density at radius 1 is 1.21 bits per heavy atom. The van der Waals surface area contributed by atoms with E-state index in [4.69, 9.17) is 4.74 Å². The molecule has 2 aromatic carbocycles. The first-order valence-electron chi connectivity index (χ1n) is 7.45. The summed E-state index contributed by atoms with van der Waals surface area (Å²) in [5, 5.41) is 0. The molecule has 1 amide bonds. The number of anilines is 1. The Morgan fingerprint density at radius 2 is 2.00 bits per heavy atom. The van der Waals surface area contributed by atoms with Crippen molar-refractivity contribution in [3.63, 3.8) is 0 Å². The molecule has 0 unspecified atom stereocenters. The number of amides is 1. The van der Waals surface area contributed by atoms with Crippen LogP contribution in [0.2, 0.25) is 0 Å². The van der Waals surface area contributed by atoms with E-state index in [0.29, 0.717) is 11.4 Å². The highest BCUT2D eigenvalue weighted by molar-refractivity contribution is 7.89. The molecule has 1 aliphatic heterocycles. The number of fused-ring (bicyclic) bond motifs is 1. The van der Waals surface area contributed by atoms with Gasteiger partial charge in [0.15, 0.2) is 6.61 Å². The van der Waals surface area contributed by atoms with Crippen molar-refractivity contribution in [3.05, 3.63) is 53.6 Å². The summed E-state index contributed by atoms with van der Waals surface area (Å²) >= 11 is 0. The number of carbonyl (C=O) groups excluding carboxylic acids is 1. The first kappa shape index (κ1) is 16.5. The van der Waals surface area contributed by atoms with Crippen molar-refractivity contribution in [3.8, 4) is 5.75 Å². The molecule has 0 radical (unpaired) electrons. The molecule has 7 heteroatoms. The largest absolute Gasteiger partial charge is 0.482 e. The average Bonchev–Trinajstić information content (AvgIpc) is 2.56. The van der Waals surface area contributed by atoms with E-state index in [1.54, 1.807) is 13.1 Å². The molecule has 0 aliphatic carbocycles. The van der Waals surface area contributed by atoms with E-state index in [0.717, 1.165) is 11.1 Å². The SMILES string of the molecule is Cc1cccc(CNS(=O)(=O)c2ccc3c(c2)N(C)C(=O)CO3)c1.